The minimum atomic E-state index is -0.181. The molecule has 1 fully saturated rings. The van der Waals surface area contributed by atoms with Gasteiger partial charge in [-0.25, -0.2) is 4.68 Å². The summed E-state index contributed by atoms with van der Waals surface area (Å²) in [7, 11) is 0. The highest BCUT2D eigenvalue weighted by Crippen LogP contribution is 2.30. The van der Waals surface area contributed by atoms with Crippen molar-refractivity contribution in [1.29, 1.82) is 0 Å². The molecular formula is C24H26N2O2. The first-order chi connectivity index (χ1) is 13.7. The normalized spacial score (nSPS) is 14.3. The van der Waals surface area contributed by atoms with Crippen LogP contribution in [0.2, 0.25) is 0 Å². The molecule has 0 spiro atoms. The molecule has 0 unspecified atom stereocenters. The van der Waals surface area contributed by atoms with Crippen molar-refractivity contribution < 1.29 is 9.53 Å². The quantitative estimate of drug-likeness (QED) is 0.518. The van der Waals surface area contributed by atoms with Gasteiger partial charge in [-0.15, -0.1) is 0 Å². The molecule has 0 atom stereocenters. The largest absolute Gasteiger partial charge is 0.407 e. The Morgan fingerprint density at radius 1 is 1.07 bits per heavy atom. The van der Waals surface area contributed by atoms with E-state index in [0.29, 0.717) is 18.2 Å². The summed E-state index contributed by atoms with van der Waals surface area (Å²) in [5.74, 6) is 0.966. The number of hydrogen-bond donors (Lipinski definition) is 0. The van der Waals surface area contributed by atoms with Crippen molar-refractivity contribution in [2.75, 3.05) is 0 Å². The highest BCUT2D eigenvalue weighted by atomic mass is 16.5. The minimum absolute atomic E-state index is 0.181. The predicted molar refractivity (Wildman–Crippen MR) is 111 cm³/mol. The molecule has 0 radical (unpaired) electrons. The van der Waals surface area contributed by atoms with Gasteiger partial charge in [0.05, 0.1) is 11.4 Å². The lowest BCUT2D eigenvalue weighted by Gasteiger charge is -2.10. The standard InChI is InChI=1S/C24H26N2O2/c1-18-11-14-21(15-12-18)26-23(17-22(25-26)20-9-3-2-4-10-20)28-24(27)16-13-19-7-5-6-8-19/h2-4,9-12,14-15,17,19H,5-8,13,16H2,1H3. The molecule has 1 heterocycles. The Morgan fingerprint density at radius 3 is 2.50 bits per heavy atom. The summed E-state index contributed by atoms with van der Waals surface area (Å²) in [5.41, 5.74) is 3.84. The molecule has 4 rings (SSSR count). The van der Waals surface area contributed by atoms with Gasteiger partial charge in [-0.3, -0.25) is 4.79 Å². The topological polar surface area (TPSA) is 44.1 Å². The Bertz CT molecular complexity index is 923. The molecule has 1 aromatic heterocycles. The van der Waals surface area contributed by atoms with Crippen LogP contribution in [0.15, 0.2) is 60.7 Å². The third kappa shape index (κ3) is 4.33. The van der Waals surface area contributed by atoms with Crippen LogP contribution in [-0.4, -0.2) is 15.7 Å². The number of rotatable bonds is 6. The maximum absolute atomic E-state index is 12.5. The second-order valence-corrected chi connectivity index (χ2v) is 7.64. The Balaban J connectivity index is 1.57. The highest BCUT2D eigenvalue weighted by Gasteiger charge is 2.19. The number of benzene rings is 2. The minimum Gasteiger partial charge on any atom is -0.407 e. The molecule has 1 saturated carbocycles. The molecule has 2 aromatic carbocycles. The average molecular weight is 374 g/mol. The monoisotopic (exact) mass is 374 g/mol. The maximum Gasteiger partial charge on any atom is 0.312 e. The summed E-state index contributed by atoms with van der Waals surface area (Å²) in [6.07, 6.45) is 6.45. The van der Waals surface area contributed by atoms with Crippen molar-refractivity contribution in [2.24, 2.45) is 5.92 Å². The first-order valence-electron chi connectivity index (χ1n) is 10.1. The molecular weight excluding hydrogens is 348 g/mol. The third-order valence-corrected chi connectivity index (χ3v) is 5.47. The number of nitrogens with zero attached hydrogens (tertiary/aromatic N) is 2. The van der Waals surface area contributed by atoms with Gasteiger partial charge >= 0.3 is 5.97 Å². The van der Waals surface area contributed by atoms with E-state index < -0.39 is 0 Å². The fourth-order valence-electron chi connectivity index (χ4n) is 3.85. The van der Waals surface area contributed by atoms with Crippen LogP contribution < -0.4 is 4.74 Å². The van der Waals surface area contributed by atoms with E-state index in [0.717, 1.165) is 23.4 Å². The smallest absolute Gasteiger partial charge is 0.312 e. The van der Waals surface area contributed by atoms with E-state index in [-0.39, 0.29) is 5.97 Å². The Kier molecular flexibility index (Phi) is 5.56. The van der Waals surface area contributed by atoms with Crippen molar-refractivity contribution in [3.8, 4) is 22.8 Å². The number of aromatic nitrogens is 2. The van der Waals surface area contributed by atoms with Crippen molar-refractivity contribution >= 4 is 5.97 Å². The van der Waals surface area contributed by atoms with Crippen LogP contribution in [0.25, 0.3) is 16.9 Å². The van der Waals surface area contributed by atoms with Gasteiger partial charge in [-0.05, 0) is 31.4 Å². The summed E-state index contributed by atoms with van der Waals surface area (Å²) < 4.78 is 7.47. The zero-order valence-electron chi connectivity index (χ0n) is 16.3. The summed E-state index contributed by atoms with van der Waals surface area (Å²) in [5, 5.41) is 4.71. The van der Waals surface area contributed by atoms with Crippen molar-refractivity contribution in [1.82, 2.24) is 9.78 Å². The van der Waals surface area contributed by atoms with Gasteiger partial charge in [-0.1, -0.05) is 73.7 Å². The SMILES string of the molecule is Cc1ccc(-n2nc(-c3ccccc3)cc2OC(=O)CCC2CCCC2)cc1. The van der Waals surface area contributed by atoms with Crippen LogP contribution in [0, 0.1) is 12.8 Å². The number of ether oxygens (including phenoxy) is 1. The number of aryl methyl sites for hydroxylation is 1. The van der Waals surface area contributed by atoms with Crippen LogP contribution in [0.4, 0.5) is 0 Å². The summed E-state index contributed by atoms with van der Waals surface area (Å²) >= 11 is 0. The Morgan fingerprint density at radius 2 is 1.79 bits per heavy atom. The molecule has 1 aliphatic rings. The molecule has 4 nitrogen and oxygen atoms in total. The molecule has 1 aliphatic carbocycles. The van der Waals surface area contributed by atoms with E-state index in [1.807, 2.05) is 67.6 Å². The van der Waals surface area contributed by atoms with E-state index in [1.165, 1.54) is 31.2 Å². The number of carbonyl (C=O) groups excluding carboxylic acids is 1. The van der Waals surface area contributed by atoms with Crippen LogP contribution >= 0.6 is 0 Å². The maximum atomic E-state index is 12.5. The lowest BCUT2D eigenvalue weighted by atomic mass is 10.0. The van der Waals surface area contributed by atoms with E-state index in [4.69, 9.17) is 9.84 Å². The second-order valence-electron chi connectivity index (χ2n) is 7.64. The zero-order chi connectivity index (χ0) is 19.3. The van der Waals surface area contributed by atoms with E-state index >= 15 is 0 Å². The van der Waals surface area contributed by atoms with Crippen LogP contribution in [0.3, 0.4) is 0 Å². The molecule has 4 heteroatoms. The van der Waals surface area contributed by atoms with Gasteiger partial charge in [-0.2, -0.15) is 5.10 Å². The van der Waals surface area contributed by atoms with Crippen LogP contribution in [0.1, 0.15) is 44.1 Å². The predicted octanol–water partition coefficient (Wildman–Crippen LogP) is 5.72. The van der Waals surface area contributed by atoms with Crippen molar-refractivity contribution in [3.05, 3.63) is 66.2 Å². The Labute approximate surface area is 166 Å². The molecule has 0 amide bonds. The first kappa shape index (κ1) is 18.5. The Hall–Kier alpha value is -2.88. The van der Waals surface area contributed by atoms with Crippen molar-refractivity contribution in [2.45, 2.75) is 45.4 Å². The first-order valence-corrected chi connectivity index (χ1v) is 10.1. The zero-order valence-corrected chi connectivity index (χ0v) is 16.3. The highest BCUT2D eigenvalue weighted by molar-refractivity contribution is 5.73. The third-order valence-electron chi connectivity index (χ3n) is 5.47. The van der Waals surface area contributed by atoms with Crippen LogP contribution in [0.5, 0.6) is 5.88 Å². The molecule has 0 N–H and O–H groups in total. The molecule has 0 aliphatic heterocycles. The molecule has 3 aromatic rings. The van der Waals surface area contributed by atoms with Gasteiger partial charge in [0.25, 0.3) is 0 Å². The number of carbonyl (C=O) groups is 1. The van der Waals surface area contributed by atoms with Gasteiger partial charge in [0.2, 0.25) is 5.88 Å². The molecule has 28 heavy (non-hydrogen) atoms. The van der Waals surface area contributed by atoms with Gasteiger partial charge in [0.1, 0.15) is 0 Å². The van der Waals surface area contributed by atoms with E-state index in [2.05, 4.69) is 0 Å². The summed E-state index contributed by atoms with van der Waals surface area (Å²) in [6.45, 7) is 2.05. The van der Waals surface area contributed by atoms with Gasteiger partial charge in [0.15, 0.2) is 0 Å². The van der Waals surface area contributed by atoms with Gasteiger partial charge < -0.3 is 4.74 Å². The fraction of sp³-hybridized carbons (Fsp3) is 0.333. The van der Waals surface area contributed by atoms with Crippen molar-refractivity contribution in [3.63, 3.8) is 0 Å². The van der Waals surface area contributed by atoms with Crippen LogP contribution in [-0.2, 0) is 4.79 Å². The fourth-order valence-corrected chi connectivity index (χ4v) is 3.85. The second kappa shape index (κ2) is 8.42. The number of esters is 1. The number of hydrogen-bond acceptors (Lipinski definition) is 3. The summed E-state index contributed by atoms with van der Waals surface area (Å²) in [6, 6.07) is 19.9. The molecule has 144 valence electrons. The average Bonchev–Trinajstić information content (AvgIpc) is 3.38. The molecule has 0 bridgehead atoms. The lowest BCUT2D eigenvalue weighted by Crippen LogP contribution is -2.12. The van der Waals surface area contributed by atoms with E-state index in [1.54, 1.807) is 4.68 Å². The lowest BCUT2D eigenvalue weighted by molar-refractivity contribution is -0.135. The van der Waals surface area contributed by atoms with Gasteiger partial charge in [0, 0.05) is 18.1 Å². The molecule has 0 saturated heterocycles. The van der Waals surface area contributed by atoms with E-state index in [9.17, 15) is 4.79 Å². The summed E-state index contributed by atoms with van der Waals surface area (Å²) in [4.78, 5) is 12.5.